The number of benzene rings is 1. The van der Waals surface area contributed by atoms with E-state index in [1.54, 1.807) is 29.2 Å². The molecule has 2 unspecified atom stereocenters. The second-order valence-electron chi connectivity index (χ2n) is 5.40. The third-order valence-corrected chi connectivity index (χ3v) is 3.80. The Balaban J connectivity index is 2.29. The third-order valence-electron chi connectivity index (χ3n) is 3.80. The lowest BCUT2D eigenvalue weighted by Crippen LogP contribution is -2.47. The lowest BCUT2D eigenvalue weighted by atomic mass is 10.00. The van der Waals surface area contributed by atoms with Gasteiger partial charge < -0.3 is 10.0 Å². The van der Waals surface area contributed by atoms with Crippen molar-refractivity contribution in [2.24, 2.45) is 10.9 Å². The number of hydrazine groups is 1. The molecule has 2 rings (SSSR count). The minimum atomic E-state index is -0.472. The zero-order chi connectivity index (χ0) is 16.1. The molecule has 0 radical (unpaired) electrons. The van der Waals surface area contributed by atoms with Crippen LogP contribution in [0.2, 0.25) is 0 Å². The van der Waals surface area contributed by atoms with Crippen LogP contribution in [0.15, 0.2) is 42.0 Å². The predicted molar refractivity (Wildman–Crippen MR) is 87.5 cm³/mol. The molecule has 2 atom stereocenters. The standard InChI is InChI=1S/C16H22N4O2/c1-3-10-18-20(17)15-7-5-4-6-14(15)16(22)19-11-13(21)9-8-12(19)2/h3-7,10,12-13,21H,1,8-9,11,17H2,2H3. The van der Waals surface area contributed by atoms with Crippen molar-refractivity contribution in [2.75, 3.05) is 11.7 Å². The molecule has 1 aliphatic heterocycles. The van der Waals surface area contributed by atoms with Gasteiger partial charge in [-0.3, -0.25) is 4.79 Å². The number of nitrogens with zero attached hydrogens (tertiary/aromatic N) is 3. The zero-order valence-electron chi connectivity index (χ0n) is 12.7. The van der Waals surface area contributed by atoms with Crippen molar-refractivity contribution >= 4 is 17.8 Å². The molecule has 6 heteroatoms. The van der Waals surface area contributed by atoms with Crippen molar-refractivity contribution in [3.63, 3.8) is 0 Å². The number of hydrogen-bond donors (Lipinski definition) is 2. The molecule has 1 fully saturated rings. The van der Waals surface area contributed by atoms with Gasteiger partial charge in [-0.15, -0.1) is 0 Å². The van der Waals surface area contributed by atoms with Gasteiger partial charge in [0.15, 0.2) is 0 Å². The molecule has 1 saturated heterocycles. The Kier molecular flexibility index (Phi) is 5.30. The van der Waals surface area contributed by atoms with E-state index in [1.165, 1.54) is 12.3 Å². The van der Waals surface area contributed by atoms with Crippen LogP contribution in [-0.4, -0.2) is 40.8 Å². The molecule has 0 saturated carbocycles. The Morgan fingerprint density at radius 2 is 2.23 bits per heavy atom. The number of amides is 1. The molecule has 22 heavy (non-hydrogen) atoms. The summed E-state index contributed by atoms with van der Waals surface area (Å²) >= 11 is 0. The number of allylic oxidation sites excluding steroid dienone is 1. The van der Waals surface area contributed by atoms with Crippen LogP contribution < -0.4 is 11.0 Å². The maximum absolute atomic E-state index is 12.8. The van der Waals surface area contributed by atoms with E-state index in [9.17, 15) is 9.90 Å². The zero-order valence-corrected chi connectivity index (χ0v) is 12.7. The summed E-state index contributed by atoms with van der Waals surface area (Å²) in [7, 11) is 0. The highest BCUT2D eigenvalue weighted by atomic mass is 16.3. The molecular formula is C16H22N4O2. The normalized spacial score (nSPS) is 21.9. The number of likely N-dealkylation sites (tertiary alicyclic amines) is 1. The maximum Gasteiger partial charge on any atom is 0.256 e. The molecule has 1 amide bonds. The largest absolute Gasteiger partial charge is 0.391 e. The van der Waals surface area contributed by atoms with Gasteiger partial charge >= 0.3 is 0 Å². The van der Waals surface area contributed by atoms with E-state index in [1.807, 2.05) is 6.92 Å². The van der Waals surface area contributed by atoms with Crippen LogP contribution in [0, 0.1) is 0 Å². The summed E-state index contributed by atoms with van der Waals surface area (Å²) in [5, 5.41) is 15.0. The lowest BCUT2D eigenvalue weighted by Gasteiger charge is -2.36. The quantitative estimate of drug-likeness (QED) is 0.502. The smallest absolute Gasteiger partial charge is 0.256 e. The highest BCUT2D eigenvalue weighted by Gasteiger charge is 2.30. The molecule has 118 valence electrons. The Labute approximate surface area is 130 Å². The van der Waals surface area contributed by atoms with Gasteiger partial charge in [0.2, 0.25) is 0 Å². The summed E-state index contributed by atoms with van der Waals surface area (Å²) < 4.78 is 0. The average Bonchev–Trinajstić information content (AvgIpc) is 2.54. The fourth-order valence-corrected chi connectivity index (χ4v) is 2.56. The summed E-state index contributed by atoms with van der Waals surface area (Å²) in [5.74, 6) is 5.73. The molecular weight excluding hydrogens is 280 g/mol. The number of aliphatic hydroxyl groups excluding tert-OH is 1. The van der Waals surface area contributed by atoms with Gasteiger partial charge in [-0.2, -0.15) is 10.2 Å². The van der Waals surface area contributed by atoms with Gasteiger partial charge in [0.1, 0.15) is 0 Å². The molecule has 1 aromatic rings. The molecule has 0 aliphatic carbocycles. The van der Waals surface area contributed by atoms with Crippen LogP contribution in [0.4, 0.5) is 5.69 Å². The van der Waals surface area contributed by atoms with Crippen molar-refractivity contribution in [3.05, 3.63) is 42.5 Å². The van der Waals surface area contributed by atoms with Crippen molar-refractivity contribution in [2.45, 2.75) is 31.9 Å². The summed E-state index contributed by atoms with van der Waals surface area (Å²) in [6.07, 6.45) is 4.00. The Morgan fingerprint density at radius 3 is 2.95 bits per heavy atom. The predicted octanol–water partition coefficient (Wildman–Crippen LogP) is 1.52. The molecule has 1 heterocycles. The molecule has 3 N–H and O–H groups in total. The van der Waals surface area contributed by atoms with E-state index in [-0.39, 0.29) is 11.9 Å². The topological polar surface area (TPSA) is 82.2 Å². The first-order chi connectivity index (χ1) is 10.5. The number of nitrogens with two attached hydrogens (primary N) is 1. The minimum absolute atomic E-state index is 0.0897. The Bertz CT molecular complexity index is 573. The number of rotatable bonds is 4. The van der Waals surface area contributed by atoms with E-state index >= 15 is 0 Å². The third kappa shape index (κ3) is 3.52. The molecule has 6 nitrogen and oxygen atoms in total. The van der Waals surface area contributed by atoms with E-state index in [2.05, 4.69) is 11.7 Å². The first-order valence-corrected chi connectivity index (χ1v) is 7.32. The number of carbonyl (C=O) groups is 1. The summed E-state index contributed by atoms with van der Waals surface area (Å²) in [6.45, 7) is 5.87. The van der Waals surface area contributed by atoms with E-state index < -0.39 is 6.10 Å². The molecule has 0 bridgehead atoms. The first-order valence-electron chi connectivity index (χ1n) is 7.32. The van der Waals surface area contributed by atoms with Crippen LogP contribution >= 0.6 is 0 Å². The summed E-state index contributed by atoms with van der Waals surface area (Å²) in [5.41, 5.74) is 0.977. The number of aliphatic hydroxyl groups is 1. The Hall–Kier alpha value is -2.18. The average molecular weight is 302 g/mol. The van der Waals surface area contributed by atoms with Gasteiger partial charge in [-0.25, -0.2) is 5.84 Å². The summed E-state index contributed by atoms with van der Waals surface area (Å²) in [4.78, 5) is 14.5. The fraction of sp³-hybridized carbons (Fsp3) is 0.375. The summed E-state index contributed by atoms with van der Waals surface area (Å²) in [6, 6.07) is 7.12. The monoisotopic (exact) mass is 302 g/mol. The van der Waals surface area contributed by atoms with Crippen molar-refractivity contribution < 1.29 is 9.90 Å². The van der Waals surface area contributed by atoms with E-state index in [0.29, 0.717) is 17.8 Å². The van der Waals surface area contributed by atoms with Crippen molar-refractivity contribution in [1.82, 2.24) is 4.90 Å². The van der Waals surface area contributed by atoms with E-state index in [4.69, 9.17) is 5.84 Å². The molecule has 0 aromatic heterocycles. The molecule has 1 aliphatic rings. The van der Waals surface area contributed by atoms with Crippen molar-refractivity contribution in [1.29, 1.82) is 0 Å². The van der Waals surface area contributed by atoms with Crippen LogP contribution in [0.3, 0.4) is 0 Å². The van der Waals surface area contributed by atoms with Crippen LogP contribution in [0.25, 0.3) is 0 Å². The number of piperidine rings is 1. The minimum Gasteiger partial charge on any atom is -0.391 e. The number of para-hydroxylation sites is 1. The highest BCUT2D eigenvalue weighted by Crippen LogP contribution is 2.24. The van der Waals surface area contributed by atoms with Crippen LogP contribution in [0.1, 0.15) is 30.1 Å². The number of β-amino-alcohol motifs (C(OH)–C–C–N with tert-alkyl or cyclic N) is 1. The van der Waals surface area contributed by atoms with Crippen LogP contribution in [-0.2, 0) is 0 Å². The number of hydrogen-bond acceptors (Lipinski definition) is 5. The van der Waals surface area contributed by atoms with Gasteiger partial charge in [-0.1, -0.05) is 18.7 Å². The van der Waals surface area contributed by atoms with Gasteiger partial charge in [-0.05, 0) is 38.0 Å². The van der Waals surface area contributed by atoms with Crippen LogP contribution in [0.5, 0.6) is 0 Å². The van der Waals surface area contributed by atoms with Gasteiger partial charge in [0.05, 0.1) is 17.4 Å². The second kappa shape index (κ2) is 7.20. The molecule has 1 aromatic carbocycles. The van der Waals surface area contributed by atoms with Gasteiger partial charge in [0.25, 0.3) is 5.91 Å². The fourth-order valence-electron chi connectivity index (χ4n) is 2.56. The molecule has 0 spiro atoms. The first kappa shape index (κ1) is 16.2. The number of anilines is 1. The lowest BCUT2D eigenvalue weighted by molar-refractivity contribution is 0.0310. The SMILES string of the molecule is C=CC=NN(N)c1ccccc1C(=O)N1CC(O)CCC1C. The van der Waals surface area contributed by atoms with Crippen molar-refractivity contribution in [3.8, 4) is 0 Å². The number of carbonyl (C=O) groups excluding carboxylic acids is 1. The van der Waals surface area contributed by atoms with Gasteiger partial charge in [0, 0.05) is 18.8 Å². The number of hydrazone groups is 1. The maximum atomic E-state index is 12.8. The second-order valence-corrected chi connectivity index (χ2v) is 5.40. The Morgan fingerprint density at radius 1 is 1.50 bits per heavy atom. The highest BCUT2D eigenvalue weighted by molar-refractivity contribution is 6.00. The van der Waals surface area contributed by atoms with E-state index in [0.717, 1.165) is 18.0 Å².